The molecule has 158 valence electrons. The second-order valence-electron chi connectivity index (χ2n) is 7.69. The molecule has 1 atom stereocenters. The number of H-pyrrole nitrogens is 1. The first-order valence-electron chi connectivity index (χ1n) is 10.1. The van der Waals surface area contributed by atoms with E-state index in [-0.39, 0.29) is 17.5 Å². The van der Waals surface area contributed by atoms with Crippen LogP contribution < -0.4 is 10.9 Å². The standard InChI is InChI=1S/C21H25N5O3S/c1-13(14-4-5-14)26-18(8-9-22-26)24-19(27)15-6-7-16-17(12-15)23-21(30)25(20(16)28)10-3-11-29-2/h6-9,12-14H,3-5,10-11H2,1-2H3,(H,23,30)(H,24,27). The van der Waals surface area contributed by atoms with Gasteiger partial charge < -0.3 is 15.0 Å². The Bertz CT molecular complexity index is 1190. The monoisotopic (exact) mass is 427 g/mol. The number of carbonyl (C=O) groups excluding carboxylic acids is 1. The number of methoxy groups -OCH3 is 1. The van der Waals surface area contributed by atoms with Gasteiger partial charge in [0.05, 0.1) is 23.1 Å². The molecule has 0 aliphatic heterocycles. The Balaban J connectivity index is 1.58. The number of anilines is 1. The molecular formula is C21H25N5O3S. The molecule has 30 heavy (non-hydrogen) atoms. The van der Waals surface area contributed by atoms with E-state index in [1.54, 1.807) is 37.6 Å². The fourth-order valence-electron chi connectivity index (χ4n) is 3.67. The zero-order chi connectivity index (χ0) is 21.3. The molecule has 1 amide bonds. The van der Waals surface area contributed by atoms with Gasteiger partial charge >= 0.3 is 0 Å². The Kier molecular flexibility index (Phi) is 5.83. The lowest BCUT2D eigenvalue weighted by Crippen LogP contribution is -2.23. The number of hydrogen-bond acceptors (Lipinski definition) is 5. The normalized spacial score (nSPS) is 14.7. The number of ether oxygens (including phenoxy) is 1. The van der Waals surface area contributed by atoms with E-state index in [0.29, 0.717) is 52.5 Å². The van der Waals surface area contributed by atoms with Crippen molar-refractivity contribution >= 4 is 34.8 Å². The minimum Gasteiger partial charge on any atom is -0.385 e. The molecule has 0 bridgehead atoms. The van der Waals surface area contributed by atoms with E-state index in [2.05, 4.69) is 22.3 Å². The second-order valence-corrected chi connectivity index (χ2v) is 8.07. The van der Waals surface area contributed by atoms with Crippen molar-refractivity contribution in [3.63, 3.8) is 0 Å². The maximum atomic E-state index is 12.8. The van der Waals surface area contributed by atoms with Gasteiger partial charge in [-0.05, 0) is 62.5 Å². The minimum absolute atomic E-state index is 0.173. The number of carbonyl (C=O) groups is 1. The number of nitrogens with zero attached hydrogens (tertiary/aromatic N) is 3. The fraction of sp³-hybridized carbons (Fsp3) is 0.429. The van der Waals surface area contributed by atoms with Gasteiger partial charge in [0.1, 0.15) is 5.82 Å². The number of hydrogen-bond donors (Lipinski definition) is 2. The number of amides is 1. The zero-order valence-electron chi connectivity index (χ0n) is 17.1. The van der Waals surface area contributed by atoms with E-state index in [4.69, 9.17) is 17.0 Å². The van der Waals surface area contributed by atoms with Crippen molar-refractivity contribution in [2.24, 2.45) is 5.92 Å². The van der Waals surface area contributed by atoms with Gasteiger partial charge in [0.15, 0.2) is 4.77 Å². The lowest BCUT2D eigenvalue weighted by Gasteiger charge is -2.15. The maximum absolute atomic E-state index is 12.8. The van der Waals surface area contributed by atoms with Gasteiger partial charge in [-0.15, -0.1) is 0 Å². The third-order valence-corrected chi connectivity index (χ3v) is 5.90. The summed E-state index contributed by atoms with van der Waals surface area (Å²) < 4.78 is 8.76. The molecule has 1 aromatic carbocycles. The number of aromatic amines is 1. The van der Waals surface area contributed by atoms with Crippen molar-refractivity contribution in [1.29, 1.82) is 0 Å². The lowest BCUT2D eigenvalue weighted by molar-refractivity contribution is 0.102. The summed E-state index contributed by atoms with van der Waals surface area (Å²) in [6, 6.07) is 7.02. The number of nitrogens with one attached hydrogen (secondary N) is 2. The molecule has 3 aromatic rings. The molecule has 0 saturated heterocycles. The molecular weight excluding hydrogens is 402 g/mol. The summed E-state index contributed by atoms with van der Waals surface area (Å²) in [4.78, 5) is 28.7. The fourth-order valence-corrected chi connectivity index (χ4v) is 3.95. The molecule has 1 unspecified atom stereocenters. The molecule has 4 rings (SSSR count). The van der Waals surface area contributed by atoms with Crippen molar-refractivity contribution in [1.82, 2.24) is 19.3 Å². The number of aromatic nitrogens is 4. The van der Waals surface area contributed by atoms with Crippen LogP contribution in [0.15, 0.2) is 35.3 Å². The molecule has 0 spiro atoms. The van der Waals surface area contributed by atoms with E-state index in [9.17, 15) is 9.59 Å². The van der Waals surface area contributed by atoms with Gasteiger partial charge in [-0.3, -0.25) is 14.2 Å². The molecule has 2 aromatic heterocycles. The predicted molar refractivity (Wildman–Crippen MR) is 118 cm³/mol. The van der Waals surface area contributed by atoms with Crippen LogP contribution in [-0.2, 0) is 11.3 Å². The first-order chi connectivity index (χ1) is 14.5. The van der Waals surface area contributed by atoms with Crippen LogP contribution in [0.1, 0.15) is 42.6 Å². The van der Waals surface area contributed by atoms with Crippen LogP contribution in [0.3, 0.4) is 0 Å². The number of fused-ring (bicyclic) bond motifs is 1. The largest absolute Gasteiger partial charge is 0.385 e. The van der Waals surface area contributed by atoms with Crippen molar-refractivity contribution in [2.75, 3.05) is 19.0 Å². The molecule has 2 heterocycles. The van der Waals surface area contributed by atoms with E-state index < -0.39 is 0 Å². The van der Waals surface area contributed by atoms with Gasteiger partial charge in [0, 0.05) is 31.9 Å². The van der Waals surface area contributed by atoms with E-state index in [1.165, 1.54) is 17.4 Å². The molecule has 0 radical (unpaired) electrons. The molecule has 9 heteroatoms. The molecule has 1 aliphatic rings. The van der Waals surface area contributed by atoms with Crippen LogP contribution in [0.4, 0.5) is 5.82 Å². The Morgan fingerprint density at radius 3 is 2.93 bits per heavy atom. The summed E-state index contributed by atoms with van der Waals surface area (Å²) >= 11 is 5.35. The number of rotatable bonds is 8. The van der Waals surface area contributed by atoms with Gasteiger partial charge in [-0.2, -0.15) is 5.10 Å². The lowest BCUT2D eigenvalue weighted by atomic mass is 10.1. The highest BCUT2D eigenvalue weighted by molar-refractivity contribution is 7.71. The van der Waals surface area contributed by atoms with Crippen LogP contribution in [-0.4, -0.2) is 39.0 Å². The summed E-state index contributed by atoms with van der Waals surface area (Å²) in [6.07, 6.45) is 4.77. The van der Waals surface area contributed by atoms with Crippen molar-refractivity contribution in [3.8, 4) is 0 Å². The Morgan fingerprint density at radius 2 is 2.20 bits per heavy atom. The highest BCUT2D eigenvalue weighted by atomic mass is 32.1. The van der Waals surface area contributed by atoms with Crippen LogP contribution in [0.5, 0.6) is 0 Å². The van der Waals surface area contributed by atoms with Gasteiger partial charge in [0.2, 0.25) is 0 Å². The van der Waals surface area contributed by atoms with Crippen LogP contribution >= 0.6 is 12.2 Å². The topological polar surface area (TPSA) is 93.9 Å². The summed E-state index contributed by atoms with van der Waals surface area (Å²) in [5.74, 6) is 1.03. The van der Waals surface area contributed by atoms with Crippen molar-refractivity contribution in [3.05, 3.63) is 51.2 Å². The smallest absolute Gasteiger partial charge is 0.262 e. The highest BCUT2D eigenvalue weighted by Crippen LogP contribution is 2.40. The molecule has 1 saturated carbocycles. The van der Waals surface area contributed by atoms with E-state index in [1.807, 2.05) is 4.68 Å². The first-order valence-corrected chi connectivity index (χ1v) is 10.5. The Morgan fingerprint density at radius 1 is 1.40 bits per heavy atom. The quantitative estimate of drug-likeness (QED) is 0.424. The second kappa shape index (κ2) is 8.53. The van der Waals surface area contributed by atoms with Gasteiger partial charge in [-0.25, -0.2) is 4.68 Å². The molecule has 1 fully saturated rings. The Labute approximate surface area is 178 Å². The van der Waals surface area contributed by atoms with Crippen LogP contribution in [0.2, 0.25) is 0 Å². The SMILES string of the molecule is COCCCn1c(=S)[nH]c2cc(C(=O)Nc3ccnn3C(C)C3CC3)ccc2c1=O. The van der Waals surface area contributed by atoms with Gasteiger partial charge in [0.25, 0.3) is 11.5 Å². The molecule has 8 nitrogen and oxygen atoms in total. The summed E-state index contributed by atoms with van der Waals surface area (Å²) in [5.41, 5.74) is 0.810. The first kappa shape index (κ1) is 20.5. The minimum atomic E-state index is -0.259. The summed E-state index contributed by atoms with van der Waals surface area (Å²) in [5, 5.41) is 7.79. The van der Waals surface area contributed by atoms with Crippen LogP contribution in [0, 0.1) is 10.7 Å². The Hall–Kier alpha value is -2.78. The van der Waals surface area contributed by atoms with Crippen molar-refractivity contribution in [2.45, 2.75) is 38.8 Å². The maximum Gasteiger partial charge on any atom is 0.262 e. The summed E-state index contributed by atoms with van der Waals surface area (Å²) in [6.45, 7) is 3.14. The van der Waals surface area contributed by atoms with Crippen LogP contribution in [0.25, 0.3) is 10.9 Å². The summed E-state index contributed by atoms with van der Waals surface area (Å²) in [7, 11) is 1.62. The molecule has 1 aliphatic carbocycles. The average molecular weight is 428 g/mol. The average Bonchev–Trinajstić information content (AvgIpc) is 3.48. The zero-order valence-corrected chi connectivity index (χ0v) is 17.9. The predicted octanol–water partition coefficient (Wildman–Crippen LogP) is 3.52. The number of benzene rings is 1. The van der Waals surface area contributed by atoms with E-state index >= 15 is 0 Å². The molecule has 2 N–H and O–H groups in total. The third-order valence-electron chi connectivity index (χ3n) is 5.58. The highest BCUT2D eigenvalue weighted by Gasteiger charge is 2.30. The van der Waals surface area contributed by atoms with E-state index in [0.717, 1.165) is 0 Å². The van der Waals surface area contributed by atoms with Crippen molar-refractivity contribution < 1.29 is 9.53 Å². The van der Waals surface area contributed by atoms with Gasteiger partial charge in [-0.1, -0.05) is 0 Å². The third kappa shape index (κ3) is 4.08.